The van der Waals surface area contributed by atoms with Crippen LogP contribution in [0.4, 0.5) is 4.79 Å². The summed E-state index contributed by atoms with van der Waals surface area (Å²) in [7, 11) is 0. The van der Waals surface area contributed by atoms with E-state index in [-0.39, 0.29) is 18.6 Å². The number of hydrogen-bond acceptors (Lipinski definition) is 3. The van der Waals surface area contributed by atoms with Crippen molar-refractivity contribution in [2.45, 2.75) is 37.8 Å². The molecule has 1 fully saturated rings. The lowest BCUT2D eigenvalue weighted by molar-refractivity contribution is 0.0748. The molecule has 0 heterocycles. The van der Waals surface area contributed by atoms with Gasteiger partial charge in [0.25, 0.3) is 0 Å². The van der Waals surface area contributed by atoms with Gasteiger partial charge in [-0.15, -0.1) is 0 Å². The topological polar surface area (TPSA) is 58.6 Å². The number of halogens is 1. The third-order valence-corrected chi connectivity index (χ3v) is 3.60. The number of rotatable bonds is 5. The molecule has 0 spiro atoms. The lowest BCUT2D eigenvalue weighted by atomic mass is 9.95. The summed E-state index contributed by atoms with van der Waals surface area (Å²) in [5, 5.41) is 12.8. The Morgan fingerprint density at radius 2 is 2.21 bits per heavy atom. The minimum atomic E-state index is -0.441. The highest BCUT2D eigenvalue weighted by Crippen LogP contribution is 2.28. The van der Waals surface area contributed by atoms with Crippen LogP contribution in [-0.4, -0.2) is 30.0 Å². The quantitative estimate of drug-likeness (QED) is 0.873. The van der Waals surface area contributed by atoms with E-state index in [0.29, 0.717) is 5.02 Å². The molecule has 19 heavy (non-hydrogen) atoms. The molecule has 1 aromatic rings. The fourth-order valence-electron chi connectivity index (χ4n) is 1.95. The zero-order valence-corrected chi connectivity index (χ0v) is 11.6. The molecule has 1 saturated carbocycles. The second-order valence-electron chi connectivity index (χ2n) is 4.84. The molecule has 0 radical (unpaired) electrons. The van der Waals surface area contributed by atoms with Gasteiger partial charge in [0.2, 0.25) is 0 Å². The van der Waals surface area contributed by atoms with Gasteiger partial charge in [-0.25, -0.2) is 4.79 Å². The number of nitrogens with one attached hydrogen (secondary N) is 1. The number of hydrogen-bond donors (Lipinski definition) is 2. The van der Waals surface area contributed by atoms with Crippen molar-refractivity contribution >= 4 is 17.7 Å². The first-order valence-electron chi connectivity index (χ1n) is 6.44. The van der Waals surface area contributed by atoms with Crippen LogP contribution in [0.15, 0.2) is 24.3 Å². The van der Waals surface area contributed by atoms with Crippen molar-refractivity contribution < 1.29 is 14.6 Å². The summed E-state index contributed by atoms with van der Waals surface area (Å²) in [4.78, 5) is 11.6. The molecule has 5 heteroatoms. The number of aliphatic hydroxyl groups excluding tert-OH is 1. The molecule has 2 unspecified atom stereocenters. The van der Waals surface area contributed by atoms with E-state index >= 15 is 0 Å². The Balaban J connectivity index is 1.99. The Kier molecular flexibility index (Phi) is 4.66. The third-order valence-electron chi connectivity index (χ3n) is 3.26. The summed E-state index contributed by atoms with van der Waals surface area (Å²) in [5.41, 5.74) is 0.790. The van der Waals surface area contributed by atoms with Crippen LogP contribution in [0, 0.1) is 0 Å². The van der Waals surface area contributed by atoms with Gasteiger partial charge in [0.1, 0.15) is 6.10 Å². The summed E-state index contributed by atoms with van der Waals surface area (Å²) < 4.78 is 5.29. The largest absolute Gasteiger partial charge is 0.446 e. The first kappa shape index (κ1) is 14.2. The minimum Gasteiger partial charge on any atom is -0.446 e. The van der Waals surface area contributed by atoms with Crippen LogP contribution in [-0.2, 0) is 4.74 Å². The first-order chi connectivity index (χ1) is 9.11. The molecule has 0 saturated heterocycles. The van der Waals surface area contributed by atoms with Gasteiger partial charge < -0.3 is 15.2 Å². The molecule has 2 N–H and O–H groups in total. The van der Waals surface area contributed by atoms with Gasteiger partial charge >= 0.3 is 6.09 Å². The summed E-state index contributed by atoms with van der Waals surface area (Å²) in [6.45, 7) is 1.64. The molecular weight excluding hydrogens is 266 g/mol. The highest BCUT2D eigenvalue weighted by atomic mass is 35.5. The van der Waals surface area contributed by atoms with Gasteiger partial charge in [-0.05, 0) is 31.4 Å². The summed E-state index contributed by atoms with van der Waals surface area (Å²) in [5.74, 6) is -0.321. The van der Waals surface area contributed by atoms with Gasteiger partial charge in [-0.2, -0.15) is 0 Å². The Labute approximate surface area is 117 Å². The van der Waals surface area contributed by atoms with Crippen LogP contribution in [0.3, 0.4) is 0 Å². The van der Waals surface area contributed by atoms with Crippen molar-refractivity contribution in [2.24, 2.45) is 0 Å². The molecule has 1 aliphatic carbocycles. The van der Waals surface area contributed by atoms with Crippen molar-refractivity contribution in [3.05, 3.63) is 34.9 Å². The molecule has 104 valence electrons. The Bertz CT molecular complexity index is 448. The van der Waals surface area contributed by atoms with E-state index in [1.807, 2.05) is 18.2 Å². The molecule has 2 atom stereocenters. The number of aliphatic hydroxyl groups is 1. The highest BCUT2D eigenvalue weighted by molar-refractivity contribution is 6.31. The summed E-state index contributed by atoms with van der Waals surface area (Å²) >= 11 is 6.11. The zero-order valence-electron chi connectivity index (χ0n) is 10.8. The van der Waals surface area contributed by atoms with Crippen LogP contribution < -0.4 is 5.32 Å². The lowest BCUT2D eigenvalue weighted by Crippen LogP contribution is -2.33. The predicted molar refractivity (Wildman–Crippen MR) is 73.4 cm³/mol. The molecule has 1 amide bonds. The van der Waals surface area contributed by atoms with Crippen molar-refractivity contribution in [3.63, 3.8) is 0 Å². The molecule has 2 rings (SSSR count). The summed E-state index contributed by atoms with van der Waals surface area (Å²) in [6.07, 6.45) is 1.15. The van der Waals surface area contributed by atoms with Crippen molar-refractivity contribution in [1.29, 1.82) is 0 Å². The van der Waals surface area contributed by atoms with Gasteiger partial charge in [0.05, 0.1) is 6.61 Å². The van der Waals surface area contributed by atoms with Crippen molar-refractivity contribution in [2.75, 3.05) is 6.61 Å². The van der Waals surface area contributed by atoms with Crippen molar-refractivity contribution in [1.82, 2.24) is 5.32 Å². The number of ether oxygens (including phenoxy) is 1. The van der Waals surface area contributed by atoms with E-state index in [9.17, 15) is 9.90 Å². The fraction of sp³-hybridized carbons (Fsp3) is 0.500. The molecule has 1 aliphatic rings. The maximum Gasteiger partial charge on any atom is 0.407 e. The maximum atomic E-state index is 11.6. The van der Waals surface area contributed by atoms with Gasteiger partial charge in [-0.3, -0.25) is 0 Å². The highest BCUT2D eigenvalue weighted by Gasteiger charge is 2.27. The minimum absolute atomic E-state index is 0.123. The monoisotopic (exact) mass is 283 g/mol. The van der Waals surface area contributed by atoms with Gasteiger partial charge in [0.15, 0.2) is 0 Å². The molecule has 4 nitrogen and oxygen atoms in total. The first-order valence-corrected chi connectivity index (χ1v) is 6.82. The normalized spacial score (nSPS) is 17.6. The van der Waals surface area contributed by atoms with Crippen molar-refractivity contribution in [3.8, 4) is 0 Å². The molecule has 0 aliphatic heterocycles. The van der Waals surface area contributed by atoms with E-state index in [1.165, 1.54) is 0 Å². The maximum absolute atomic E-state index is 11.6. The molecule has 1 aromatic carbocycles. The fourth-order valence-corrected chi connectivity index (χ4v) is 2.23. The van der Waals surface area contributed by atoms with E-state index < -0.39 is 12.2 Å². The number of amides is 1. The van der Waals surface area contributed by atoms with Crippen LogP contribution in [0.2, 0.25) is 5.02 Å². The number of alkyl carbamates (subject to hydrolysis) is 1. The van der Waals surface area contributed by atoms with E-state index in [2.05, 4.69) is 5.32 Å². The lowest BCUT2D eigenvalue weighted by Gasteiger charge is -2.23. The Morgan fingerprint density at radius 1 is 1.53 bits per heavy atom. The standard InChI is InChI=1S/C14H18ClNO3/c1-9(19-14(18)16-10-6-7-10)12(8-17)11-4-2-3-5-13(11)15/h2-5,9-10,12,17H,6-8H2,1H3,(H,16,18). The summed E-state index contributed by atoms with van der Waals surface area (Å²) in [6, 6.07) is 7.53. The zero-order chi connectivity index (χ0) is 13.8. The SMILES string of the molecule is CC(OC(=O)NC1CC1)C(CO)c1ccccc1Cl. The van der Waals surface area contributed by atoms with E-state index in [4.69, 9.17) is 16.3 Å². The molecule has 0 aromatic heterocycles. The third kappa shape index (κ3) is 3.85. The van der Waals surface area contributed by atoms with Crippen LogP contribution >= 0.6 is 11.6 Å². The number of benzene rings is 1. The van der Waals surface area contributed by atoms with E-state index in [1.54, 1.807) is 13.0 Å². The Hall–Kier alpha value is -1.26. The van der Waals surface area contributed by atoms with Gasteiger partial charge in [0, 0.05) is 17.0 Å². The van der Waals surface area contributed by atoms with Gasteiger partial charge in [-0.1, -0.05) is 29.8 Å². The molecular formula is C14H18ClNO3. The number of carbonyl (C=O) groups excluding carboxylic acids is 1. The smallest absolute Gasteiger partial charge is 0.407 e. The van der Waals surface area contributed by atoms with E-state index in [0.717, 1.165) is 18.4 Å². The average Bonchev–Trinajstić information content (AvgIpc) is 3.16. The number of carbonyl (C=O) groups is 1. The predicted octanol–water partition coefficient (Wildman–Crippen LogP) is 2.69. The second-order valence-corrected chi connectivity index (χ2v) is 5.25. The average molecular weight is 284 g/mol. The molecule has 0 bridgehead atoms. The second kappa shape index (κ2) is 6.26. The Morgan fingerprint density at radius 3 is 2.79 bits per heavy atom. The van der Waals surface area contributed by atoms with Crippen LogP contribution in [0.1, 0.15) is 31.2 Å². The van der Waals surface area contributed by atoms with Crippen LogP contribution in [0.25, 0.3) is 0 Å². The van der Waals surface area contributed by atoms with Crippen LogP contribution in [0.5, 0.6) is 0 Å².